The highest BCUT2D eigenvalue weighted by Crippen LogP contribution is 2.31. The molecule has 0 amide bonds. The Morgan fingerprint density at radius 2 is 2.09 bits per heavy atom. The third-order valence-corrected chi connectivity index (χ3v) is 3.54. The van der Waals surface area contributed by atoms with Crippen LogP contribution >= 0.6 is 0 Å². The number of fused-ring (bicyclic) bond motifs is 1. The molecule has 1 fully saturated rings. The van der Waals surface area contributed by atoms with E-state index in [0.29, 0.717) is 11.2 Å². The van der Waals surface area contributed by atoms with E-state index in [1.807, 2.05) is 0 Å². The molecule has 23 heavy (non-hydrogen) atoms. The van der Waals surface area contributed by atoms with Gasteiger partial charge in [-0.05, 0) is 5.92 Å². The maximum Gasteiger partial charge on any atom is 0.209 e. The van der Waals surface area contributed by atoms with Crippen LogP contribution in [0, 0.1) is 11.8 Å². The van der Waals surface area contributed by atoms with Crippen LogP contribution in [-0.4, -0.2) is 66.3 Å². The van der Waals surface area contributed by atoms with Crippen molar-refractivity contribution >= 4 is 17.0 Å². The topological polar surface area (TPSA) is 166 Å². The first-order chi connectivity index (χ1) is 11.1. The average molecular weight is 320 g/mol. The molecule has 10 nitrogen and oxygen atoms in total. The number of anilines is 1. The van der Waals surface area contributed by atoms with Gasteiger partial charge in [0, 0.05) is 0 Å². The van der Waals surface area contributed by atoms with Crippen LogP contribution in [0.2, 0.25) is 0 Å². The fourth-order valence-electron chi connectivity index (χ4n) is 2.42. The summed E-state index contributed by atoms with van der Waals surface area (Å²) in [4.78, 5) is 12.3. The van der Waals surface area contributed by atoms with E-state index in [9.17, 15) is 15.3 Å². The van der Waals surface area contributed by atoms with Gasteiger partial charge < -0.3 is 31.5 Å². The number of aliphatic hydroxyl groups is 3. The molecule has 0 aliphatic carbocycles. The Morgan fingerprint density at radius 3 is 2.74 bits per heavy atom. The van der Waals surface area contributed by atoms with Crippen LogP contribution in [0.5, 0.6) is 0 Å². The molecule has 0 radical (unpaired) electrons. The summed E-state index contributed by atoms with van der Waals surface area (Å²) in [6.07, 6.45) is -2.96. The number of hydrogen-bond donors (Lipinski definition) is 5. The predicted octanol–water partition coefficient (Wildman–Crippen LogP) is -2.67. The highest BCUT2D eigenvalue weighted by molar-refractivity contribution is 5.82. The number of hydrogen-bond acceptors (Lipinski definition) is 9. The molecule has 0 aromatic carbocycles. The Kier molecular flexibility index (Phi) is 4.12. The van der Waals surface area contributed by atoms with Crippen molar-refractivity contribution in [2.24, 2.45) is 5.73 Å². The van der Waals surface area contributed by atoms with Crippen molar-refractivity contribution in [2.45, 2.75) is 24.5 Å². The minimum atomic E-state index is -1.25. The fourth-order valence-corrected chi connectivity index (χ4v) is 2.42. The Balaban J connectivity index is 2.06. The lowest BCUT2D eigenvalue weighted by Crippen LogP contribution is -2.33. The van der Waals surface area contributed by atoms with Crippen molar-refractivity contribution in [1.82, 2.24) is 19.5 Å². The zero-order valence-electron chi connectivity index (χ0n) is 12.0. The zero-order chi connectivity index (χ0) is 16.6. The number of rotatable bonds is 2. The van der Waals surface area contributed by atoms with Gasteiger partial charge >= 0.3 is 0 Å². The number of nitrogens with two attached hydrogens (primary N) is 2. The molecule has 10 heteroatoms. The van der Waals surface area contributed by atoms with E-state index in [1.165, 1.54) is 10.9 Å². The summed E-state index contributed by atoms with van der Waals surface area (Å²) in [7, 11) is 0. The molecular formula is C13H16N6O4. The number of aromatic nitrogens is 4. The number of nitrogen functional groups attached to an aromatic ring is 1. The monoisotopic (exact) mass is 320 g/mol. The van der Waals surface area contributed by atoms with E-state index < -0.39 is 31.1 Å². The third-order valence-electron chi connectivity index (χ3n) is 3.54. The van der Waals surface area contributed by atoms with Crippen LogP contribution < -0.4 is 11.5 Å². The van der Waals surface area contributed by atoms with E-state index in [0.717, 1.165) is 0 Å². The molecule has 4 atom stereocenters. The first-order valence-corrected chi connectivity index (χ1v) is 6.88. The summed E-state index contributed by atoms with van der Waals surface area (Å²) in [5, 5.41) is 29.1. The SMILES string of the molecule is NCC#Cc1nc(N)c2ncn([C@@H]3O[C@H](CO)[C@H](O)C3O)c2n1. The smallest absolute Gasteiger partial charge is 0.209 e. The second-order valence-electron chi connectivity index (χ2n) is 4.99. The van der Waals surface area contributed by atoms with E-state index in [4.69, 9.17) is 16.2 Å². The largest absolute Gasteiger partial charge is 0.394 e. The molecule has 1 unspecified atom stereocenters. The number of imidazole rings is 1. The van der Waals surface area contributed by atoms with Gasteiger partial charge in [-0.2, -0.15) is 0 Å². The van der Waals surface area contributed by atoms with Crippen molar-refractivity contribution in [1.29, 1.82) is 0 Å². The molecular weight excluding hydrogens is 304 g/mol. The molecule has 3 heterocycles. The Labute approximate surface area is 130 Å². The van der Waals surface area contributed by atoms with Gasteiger partial charge in [0.05, 0.1) is 19.5 Å². The van der Waals surface area contributed by atoms with E-state index in [2.05, 4.69) is 26.8 Å². The Hall–Kier alpha value is -2.29. The lowest BCUT2D eigenvalue weighted by atomic mass is 10.1. The third kappa shape index (κ3) is 2.61. The van der Waals surface area contributed by atoms with Crippen molar-refractivity contribution in [3.05, 3.63) is 12.2 Å². The molecule has 122 valence electrons. The second-order valence-corrected chi connectivity index (χ2v) is 4.99. The van der Waals surface area contributed by atoms with Crippen molar-refractivity contribution in [2.75, 3.05) is 18.9 Å². The highest BCUT2D eigenvalue weighted by atomic mass is 16.6. The molecule has 1 aliphatic heterocycles. The zero-order valence-corrected chi connectivity index (χ0v) is 12.0. The van der Waals surface area contributed by atoms with Crippen molar-refractivity contribution in [3.63, 3.8) is 0 Å². The van der Waals surface area contributed by atoms with Gasteiger partial charge in [0.1, 0.15) is 23.8 Å². The normalized spacial score (nSPS) is 27.1. The second kappa shape index (κ2) is 6.07. The average Bonchev–Trinajstić information content (AvgIpc) is 3.08. The Bertz CT molecular complexity index is 782. The summed E-state index contributed by atoms with van der Waals surface area (Å²) >= 11 is 0. The minimum absolute atomic E-state index is 0.127. The fraction of sp³-hybridized carbons (Fsp3) is 0.462. The maximum absolute atomic E-state index is 10.1. The van der Waals surface area contributed by atoms with E-state index in [1.54, 1.807) is 0 Å². The minimum Gasteiger partial charge on any atom is -0.394 e. The van der Waals surface area contributed by atoms with Crippen molar-refractivity contribution in [3.8, 4) is 11.8 Å². The first kappa shape index (κ1) is 15.6. The van der Waals surface area contributed by atoms with Gasteiger partial charge in [-0.3, -0.25) is 4.57 Å². The van der Waals surface area contributed by atoms with Gasteiger partial charge in [0.15, 0.2) is 17.7 Å². The number of nitrogens with zero attached hydrogens (tertiary/aromatic N) is 4. The molecule has 1 saturated heterocycles. The summed E-state index contributed by atoms with van der Waals surface area (Å²) in [5.74, 6) is 5.59. The predicted molar refractivity (Wildman–Crippen MR) is 78.7 cm³/mol. The Morgan fingerprint density at radius 1 is 1.30 bits per heavy atom. The molecule has 2 aromatic rings. The van der Waals surface area contributed by atoms with Crippen LogP contribution in [0.3, 0.4) is 0 Å². The molecule has 3 rings (SSSR count). The van der Waals surface area contributed by atoms with Gasteiger partial charge in [0.25, 0.3) is 0 Å². The highest BCUT2D eigenvalue weighted by Gasteiger charge is 2.44. The first-order valence-electron chi connectivity index (χ1n) is 6.88. The van der Waals surface area contributed by atoms with E-state index in [-0.39, 0.29) is 18.2 Å². The van der Waals surface area contributed by atoms with Crippen LogP contribution in [0.25, 0.3) is 11.2 Å². The lowest BCUT2D eigenvalue weighted by molar-refractivity contribution is -0.0511. The van der Waals surface area contributed by atoms with Crippen LogP contribution in [-0.2, 0) is 4.74 Å². The molecule has 0 saturated carbocycles. The van der Waals surface area contributed by atoms with E-state index >= 15 is 0 Å². The van der Waals surface area contributed by atoms with Crippen molar-refractivity contribution < 1.29 is 20.1 Å². The summed E-state index contributed by atoms with van der Waals surface area (Å²) in [6.45, 7) is -0.277. The lowest BCUT2D eigenvalue weighted by Gasteiger charge is -2.16. The van der Waals surface area contributed by atoms with Crippen LogP contribution in [0.4, 0.5) is 5.82 Å². The van der Waals surface area contributed by atoms with Crippen LogP contribution in [0.15, 0.2) is 6.33 Å². The molecule has 2 aromatic heterocycles. The maximum atomic E-state index is 10.1. The number of aliphatic hydroxyl groups excluding tert-OH is 3. The number of ether oxygens (including phenoxy) is 1. The van der Waals surface area contributed by atoms with Gasteiger partial charge in [-0.25, -0.2) is 15.0 Å². The standard InChI is InChI=1S/C13H16N6O4/c14-3-1-2-7-17-11(15)8-12(18-7)19(5-16-8)13-10(22)9(21)6(4-20)23-13/h5-6,9-10,13,20-22H,3-4,14H2,(H2,15,17,18)/t6-,9+,10?,13-/m1/s1. The summed E-state index contributed by atoms with van der Waals surface area (Å²) in [6, 6.07) is 0. The quantitative estimate of drug-likeness (QED) is 0.371. The van der Waals surface area contributed by atoms with Gasteiger partial charge in [-0.15, -0.1) is 0 Å². The molecule has 1 aliphatic rings. The summed E-state index contributed by atoms with van der Waals surface area (Å²) < 4.78 is 6.89. The van der Waals surface area contributed by atoms with Gasteiger partial charge in [-0.1, -0.05) is 5.92 Å². The van der Waals surface area contributed by atoms with Crippen LogP contribution in [0.1, 0.15) is 12.1 Å². The molecule has 7 N–H and O–H groups in total. The van der Waals surface area contributed by atoms with Gasteiger partial charge in [0.2, 0.25) is 5.82 Å². The molecule has 0 bridgehead atoms. The summed E-state index contributed by atoms with van der Waals surface area (Å²) in [5.41, 5.74) is 11.8. The molecule has 0 spiro atoms.